The Morgan fingerprint density at radius 2 is 1.62 bits per heavy atom. The van der Waals surface area contributed by atoms with Crippen molar-refractivity contribution >= 4 is 27.5 Å². The molecule has 8 nitrogen and oxygen atoms in total. The van der Waals surface area contributed by atoms with Crippen molar-refractivity contribution in [2.75, 3.05) is 30.8 Å². The third-order valence-electron chi connectivity index (χ3n) is 6.24. The first-order valence-electron chi connectivity index (χ1n) is 12.9. The minimum absolute atomic E-state index is 0.0264. The third kappa shape index (κ3) is 8.81. The molecule has 3 rings (SSSR count). The maximum absolute atomic E-state index is 14.0. The summed E-state index contributed by atoms with van der Waals surface area (Å²) in [7, 11) is -2.43. The van der Waals surface area contributed by atoms with Gasteiger partial charge in [-0.15, -0.1) is 0 Å². The Morgan fingerprint density at radius 3 is 2.23 bits per heavy atom. The number of carbonyl (C=O) groups is 2. The number of rotatable bonds is 13. The molecule has 2 amide bonds. The van der Waals surface area contributed by atoms with Crippen LogP contribution in [0.1, 0.15) is 25.0 Å². The molecule has 1 atom stereocenters. The number of anilines is 1. The van der Waals surface area contributed by atoms with E-state index in [-0.39, 0.29) is 30.5 Å². The quantitative estimate of drug-likeness (QED) is 0.336. The molecular formula is C30H36FN3O5S. The highest BCUT2D eigenvalue weighted by molar-refractivity contribution is 7.92. The molecule has 3 aromatic rings. The van der Waals surface area contributed by atoms with E-state index in [0.29, 0.717) is 17.9 Å². The van der Waals surface area contributed by atoms with Crippen LogP contribution >= 0.6 is 0 Å². The molecule has 0 unspecified atom stereocenters. The molecule has 0 bridgehead atoms. The van der Waals surface area contributed by atoms with Gasteiger partial charge >= 0.3 is 0 Å². The maximum atomic E-state index is 14.0. The molecule has 0 aromatic heterocycles. The molecular weight excluding hydrogens is 533 g/mol. The number of hydrogen-bond donors (Lipinski definition) is 1. The summed E-state index contributed by atoms with van der Waals surface area (Å²) in [6.45, 7) is 3.76. The van der Waals surface area contributed by atoms with Gasteiger partial charge in [0, 0.05) is 25.6 Å². The average Bonchev–Trinajstić information content (AvgIpc) is 2.93. The number of sulfonamides is 1. The fourth-order valence-corrected chi connectivity index (χ4v) is 4.98. The summed E-state index contributed by atoms with van der Waals surface area (Å²) in [5.41, 5.74) is 1.68. The van der Waals surface area contributed by atoms with Crippen molar-refractivity contribution < 1.29 is 27.1 Å². The van der Waals surface area contributed by atoms with E-state index in [2.05, 4.69) is 5.32 Å². The molecule has 0 saturated heterocycles. The second-order valence-electron chi connectivity index (χ2n) is 9.96. The molecule has 0 aliphatic carbocycles. The van der Waals surface area contributed by atoms with Crippen LogP contribution in [0.15, 0.2) is 78.9 Å². The summed E-state index contributed by atoms with van der Waals surface area (Å²) in [5, 5.41) is 2.92. The van der Waals surface area contributed by atoms with Gasteiger partial charge in [-0.1, -0.05) is 62.4 Å². The molecule has 0 aliphatic heterocycles. The largest absolute Gasteiger partial charge is 0.497 e. The fraction of sp³-hybridized carbons (Fsp3) is 0.333. The van der Waals surface area contributed by atoms with Gasteiger partial charge in [0.25, 0.3) is 0 Å². The zero-order valence-corrected chi connectivity index (χ0v) is 24.0. The predicted octanol–water partition coefficient (Wildman–Crippen LogP) is 4.01. The Labute approximate surface area is 235 Å². The Kier molecular flexibility index (Phi) is 10.7. The minimum Gasteiger partial charge on any atom is -0.497 e. The number of nitrogens with one attached hydrogen (secondary N) is 1. The first-order valence-corrected chi connectivity index (χ1v) is 14.8. The second kappa shape index (κ2) is 13.9. The van der Waals surface area contributed by atoms with Gasteiger partial charge in [0.15, 0.2) is 0 Å². The Bertz CT molecular complexity index is 1380. The third-order valence-corrected chi connectivity index (χ3v) is 7.38. The molecule has 3 aromatic carbocycles. The SMILES string of the molecule is COc1cccc(N(CC(=O)N(Cc2ccc(F)cc2)[C@H](Cc2ccccc2)C(=O)NCC(C)C)S(C)(=O)=O)c1. The number of amides is 2. The molecule has 0 aliphatic rings. The van der Waals surface area contributed by atoms with Crippen molar-refractivity contribution in [3.63, 3.8) is 0 Å². The van der Waals surface area contributed by atoms with Crippen LogP contribution in [0.3, 0.4) is 0 Å². The number of ether oxygens (including phenoxy) is 1. The van der Waals surface area contributed by atoms with Gasteiger partial charge in [0.2, 0.25) is 21.8 Å². The van der Waals surface area contributed by atoms with E-state index in [0.717, 1.165) is 16.1 Å². The Hall–Kier alpha value is -3.92. The van der Waals surface area contributed by atoms with Crippen LogP contribution in [0.4, 0.5) is 10.1 Å². The molecule has 214 valence electrons. The van der Waals surface area contributed by atoms with Gasteiger partial charge in [0.05, 0.1) is 19.1 Å². The summed E-state index contributed by atoms with van der Waals surface area (Å²) in [6.07, 6.45) is 1.22. The Balaban J connectivity index is 2.04. The zero-order valence-electron chi connectivity index (χ0n) is 23.2. The van der Waals surface area contributed by atoms with Crippen molar-refractivity contribution in [3.8, 4) is 5.75 Å². The van der Waals surface area contributed by atoms with Gasteiger partial charge in [-0.25, -0.2) is 12.8 Å². The lowest BCUT2D eigenvalue weighted by molar-refractivity contribution is -0.140. The molecule has 0 radical (unpaired) electrons. The lowest BCUT2D eigenvalue weighted by Gasteiger charge is -2.33. The number of hydrogen-bond acceptors (Lipinski definition) is 5. The van der Waals surface area contributed by atoms with Crippen molar-refractivity contribution in [1.29, 1.82) is 0 Å². The Morgan fingerprint density at radius 1 is 0.950 bits per heavy atom. The number of methoxy groups -OCH3 is 1. The predicted molar refractivity (Wildman–Crippen MR) is 154 cm³/mol. The fourth-order valence-electron chi connectivity index (χ4n) is 4.14. The van der Waals surface area contributed by atoms with Crippen molar-refractivity contribution in [2.24, 2.45) is 5.92 Å². The van der Waals surface area contributed by atoms with Crippen LogP contribution < -0.4 is 14.4 Å². The monoisotopic (exact) mass is 569 g/mol. The number of halogens is 1. The van der Waals surface area contributed by atoms with E-state index in [4.69, 9.17) is 4.74 Å². The molecule has 0 saturated carbocycles. The highest BCUT2D eigenvalue weighted by Gasteiger charge is 2.33. The number of nitrogens with zero attached hydrogens (tertiary/aromatic N) is 2. The highest BCUT2D eigenvalue weighted by atomic mass is 32.2. The molecule has 0 spiro atoms. The van der Waals surface area contributed by atoms with Gasteiger partial charge in [0.1, 0.15) is 24.2 Å². The van der Waals surface area contributed by atoms with Crippen molar-refractivity contribution in [2.45, 2.75) is 32.9 Å². The lowest BCUT2D eigenvalue weighted by atomic mass is 10.0. The van der Waals surface area contributed by atoms with Gasteiger partial charge < -0.3 is 15.0 Å². The van der Waals surface area contributed by atoms with E-state index < -0.39 is 34.3 Å². The van der Waals surface area contributed by atoms with E-state index in [9.17, 15) is 22.4 Å². The smallest absolute Gasteiger partial charge is 0.244 e. The van der Waals surface area contributed by atoms with E-state index >= 15 is 0 Å². The first kappa shape index (κ1) is 30.6. The minimum atomic E-state index is -3.90. The molecule has 40 heavy (non-hydrogen) atoms. The summed E-state index contributed by atoms with van der Waals surface area (Å²) < 4.78 is 45.6. The summed E-state index contributed by atoms with van der Waals surface area (Å²) in [6, 6.07) is 20.4. The number of carbonyl (C=O) groups excluding carboxylic acids is 2. The first-order chi connectivity index (χ1) is 19.0. The van der Waals surface area contributed by atoms with E-state index in [1.807, 2.05) is 44.2 Å². The van der Waals surface area contributed by atoms with Crippen LogP contribution in [0, 0.1) is 11.7 Å². The highest BCUT2D eigenvalue weighted by Crippen LogP contribution is 2.24. The summed E-state index contributed by atoms with van der Waals surface area (Å²) >= 11 is 0. The van der Waals surface area contributed by atoms with Crippen molar-refractivity contribution in [3.05, 3.63) is 95.8 Å². The van der Waals surface area contributed by atoms with Crippen LogP contribution in [0.2, 0.25) is 0 Å². The van der Waals surface area contributed by atoms with Gasteiger partial charge in [-0.05, 0) is 41.3 Å². The average molecular weight is 570 g/mol. The zero-order chi connectivity index (χ0) is 29.3. The van der Waals surface area contributed by atoms with Crippen LogP contribution in [-0.4, -0.2) is 57.6 Å². The van der Waals surface area contributed by atoms with Crippen molar-refractivity contribution in [1.82, 2.24) is 10.2 Å². The van der Waals surface area contributed by atoms with Gasteiger partial charge in [-0.3, -0.25) is 13.9 Å². The lowest BCUT2D eigenvalue weighted by Crippen LogP contribution is -2.53. The topological polar surface area (TPSA) is 96.0 Å². The van der Waals surface area contributed by atoms with E-state index in [1.54, 1.807) is 18.2 Å². The van der Waals surface area contributed by atoms with Crippen LogP contribution in [0.25, 0.3) is 0 Å². The normalized spacial score (nSPS) is 12.1. The summed E-state index contributed by atoms with van der Waals surface area (Å²) in [5.74, 6) is -0.773. The molecule has 0 heterocycles. The second-order valence-corrected chi connectivity index (χ2v) is 11.9. The van der Waals surface area contributed by atoms with E-state index in [1.165, 1.54) is 42.3 Å². The molecule has 0 fully saturated rings. The van der Waals surface area contributed by atoms with Crippen LogP contribution in [0.5, 0.6) is 5.75 Å². The number of benzene rings is 3. The molecule has 1 N–H and O–H groups in total. The van der Waals surface area contributed by atoms with Gasteiger partial charge in [-0.2, -0.15) is 0 Å². The summed E-state index contributed by atoms with van der Waals surface area (Å²) in [4.78, 5) is 28.9. The molecule has 10 heteroatoms. The maximum Gasteiger partial charge on any atom is 0.244 e. The standard InChI is InChI=1S/C30H36FN3O5S/c1-22(2)19-32-30(36)28(17-23-9-6-5-7-10-23)33(20-24-13-15-25(31)16-14-24)29(35)21-34(40(4,37)38)26-11-8-12-27(18-26)39-3/h5-16,18,22,28H,17,19-21H2,1-4H3,(H,32,36)/t28-/m1/s1. The van der Waals surface area contributed by atoms with Crippen LogP contribution in [-0.2, 0) is 32.6 Å².